The zero-order valence-electron chi connectivity index (χ0n) is 12.4. The summed E-state index contributed by atoms with van der Waals surface area (Å²) in [5, 5.41) is 0.306. The van der Waals surface area contributed by atoms with Crippen molar-refractivity contribution in [2.75, 3.05) is 18.0 Å². The maximum absolute atomic E-state index is 12.9. The molecule has 0 amide bonds. The van der Waals surface area contributed by atoms with E-state index in [-0.39, 0.29) is 6.04 Å². The molecule has 2 rings (SSSR count). The predicted octanol–water partition coefficient (Wildman–Crippen LogP) is 2.40. The standard InChI is InChI=1S/C14H22N2O2S2/c1-9-7-13(15)8-14(10(9)2)20(17,18)16-5-6-19-12(4)11(16)3/h7-8,11-12H,5-6,15H2,1-4H3. The average molecular weight is 314 g/mol. The Kier molecular flexibility index (Phi) is 4.37. The van der Waals surface area contributed by atoms with Crippen LogP contribution >= 0.6 is 11.8 Å². The van der Waals surface area contributed by atoms with Gasteiger partial charge in [-0.3, -0.25) is 0 Å². The lowest BCUT2D eigenvalue weighted by Gasteiger charge is -2.36. The Bertz CT molecular complexity index is 614. The fourth-order valence-electron chi connectivity index (χ4n) is 2.49. The van der Waals surface area contributed by atoms with E-state index in [4.69, 9.17) is 5.73 Å². The molecule has 0 radical (unpaired) electrons. The molecule has 1 aliphatic heterocycles. The van der Waals surface area contributed by atoms with Crippen LogP contribution in [-0.2, 0) is 10.0 Å². The Hall–Kier alpha value is -0.720. The van der Waals surface area contributed by atoms with Gasteiger partial charge in [0.25, 0.3) is 0 Å². The van der Waals surface area contributed by atoms with E-state index in [1.54, 1.807) is 10.4 Å². The number of hydrogen-bond acceptors (Lipinski definition) is 4. The summed E-state index contributed by atoms with van der Waals surface area (Å²) < 4.78 is 27.5. The summed E-state index contributed by atoms with van der Waals surface area (Å²) in [5.41, 5.74) is 8.03. The van der Waals surface area contributed by atoms with Crippen LogP contribution in [0.15, 0.2) is 17.0 Å². The van der Waals surface area contributed by atoms with E-state index in [1.165, 1.54) is 0 Å². The lowest BCUT2D eigenvalue weighted by Crippen LogP contribution is -2.48. The highest BCUT2D eigenvalue weighted by molar-refractivity contribution is 8.00. The number of thioether (sulfide) groups is 1. The van der Waals surface area contributed by atoms with Gasteiger partial charge in [0, 0.05) is 29.3 Å². The number of anilines is 1. The summed E-state index contributed by atoms with van der Waals surface area (Å²) >= 11 is 1.82. The second-order valence-corrected chi connectivity index (χ2v) is 8.74. The Balaban J connectivity index is 2.50. The van der Waals surface area contributed by atoms with Gasteiger partial charge in [-0.15, -0.1) is 0 Å². The Morgan fingerprint density at radius 1 is 1.30 bits per heavy atom. The monoisotopic (exact) mass is 314 g/mol. The third-order valence-electron chi connectivity index (χ3n) is 4.05. The summed E-state index contributed by atoms with van der Waals surface area (Å²) in [5.74, 6) is 0.838. The topological polar surface area (TPSA) is 63.4 Å². The van der Waals surface area contributed by atoms with Crippen LogP contribution in [0.3, 0.4) is 0 Å². The van der Waals surface area contributed by atoms with Crippen LogP contribution in [0, 0.1) is 13.8 Å². The predicted molar refractivity (Wildman–Crippen MR) is 85.6 cm³/mol. The molecule has 2 atom stereocenters. The molecule has 0 aromatic heterocycles. The van der Waals surface area contributed by atoms with Gasteiger partial charge in [-0.2, -0.15) is 16.1 Å². The molecule has 6 heteroatoms. The van der Waals surface area contributed by atoms with Crippen LogP contribution in [0.5, 0.6) is 0 Å². The highest BCUT2D eigenvalue weighted by Gasteiger charge is 2.35. The largest absolute Gasteiger partial charge is 0.399 e. The van der Waals surface area contributed by atoms with Gasteiger partial charge in [-0.25, -0.2) is 8.42 Å². The maximum atomic E-state index is 12.9. The van der Waals surface area contributed by atoms with Crippen molar-refractivity contribution in [1.82, 2.24) is 4.31 Å². The van der Waals surface area contributed by atoms with Gasteiger partial charge in [0.05, 0.1) is 4.90 Å². The molecule has 0 spiro atoms. The van der Waals surface area contributed by atoms with Crippen molar-refractivity contribution >= 4 is 27.5 Å². The summed E-state index contributed by atoms with van der Waals surface area (Å²) in [7, 11) is -3.48. The van der Waals surface area contributed by atoms with Crippen LogP contribution in [-0.4, -0.2) is 36.3 Å². The van der Waals surface area contributed by atoms with E-state index in [1.807, 2.05) is 38.6 Å². The number of rotatable bonds is 2. The zero-order valence-corrected chi connectivity index (χ0v) is 14.0. The summed E-state index contributed by atoms with van der Waals surface area (Å²) in [6.45, 7) is 8.35. The molecule has 1 aromatic rings. The summed E-state index contributed by atoms with van der Waals surface area (Å²) in [6, 6.07) is 3.39. The summed E-state index contributed by atoms with van der Waals surface area (Å²) in [4.78, 5) is 0.348. The van der Waals surface area contributed by atoms with Crippen molar-refractivity contribution in [3.63, 3.8) is 0 Å². The number of nitrogens with two attached hydrogens (primary N) is 1. The first-order chi connectivity index (χ1) is 9.25. The molecule has 1 saturated heterocycles. The normalized spacial score (nSPS) is 24.8. The first-order valence-corrected chi connectivity index (χ1v) is 9.24. The van der Waals surface area contributed by atoms with Gasteiger partial charge in [0.15, 0.2) is 0 Å². The second-order valence-electron chi connectivity index (χ2n) is 5.39. The van der Waals surface area contributed by atoms with Crippen LogP contribution < -0.4 is 5.73 Å². The molecule has 4 nitrogen and oxygen atoms in total. The van der Waals surface area contributed by atoms with Gasteiger partial charge in [-0.05, 0) is 44.0 Å². The number of sulfonamides is 1. The highest BCUT2D eigenvalue weighted by atomic mass is 32.2. The molecule has 1 fully saturated rings. The molecule has 2 unspecified atom stereocenters. The Morgan fingerprint density at radius 2 is 1.95 bits per heavy atom. The number of aryl methyl sites for hydroxylation is 1. The van der Waals surface area contributed by atoms with Gasteiger partial charge in [-0.1, -0.05) is 6.92 Å². The fourth-order valence-corrected chi connectivity index (χ4v) is 5.82. The number of nitrogen functional groups attached to an aromatic ring is 1. The highest BCUT2D eigenvalue weighted by Crippen LogP contribution is 2.32. The molecule has 1 aliphatic rings. The quantitative estimate of drug-likeness (QED) is 0.852. The first kappa shape index (κ1) is 15.7. The Labute approximate surface area is 125 Å². The van der Waals surface area contributed by atoms with Crippen molar-refractivity contribution in [2.45, 2.75) is 43.9 Å². The van der Waals surface area contributed by atoms with E-state index in [9.17, 15) is 8.42 Å². The second kappa shape index (κ2) is 5.58. The zero-order chi connectivity index (χ0) is 15.1. The lowest BCUT2D eigenvalue weighted by atomic mass is 10.1. The minimum Gasteiger partial charge on any atom is -0.399 e. The molecule has 20 heavy (non-hydrogen) atoms. The van der Waals surface area contributed by atoms with Crippen molar-refractivity contribution in [2.24, 2.45) is 0 Å². The molecule has 0 saturated carbocycles. The Morgan fingerprint density at radius 3 is 2.60 bits per heavy atom. The van der Waals surface area contributed by atoms with Crippen molar-refractivity contribution < 1.29 is 8.42 Å². The van der Waals surface area contributed by atoms with Gasteiger partial charge >= 0.3 is 0 Å². The van der Waals surface area contributed by atoms with Crippen LogP contribution in [0.1, 0.15) is 25.0 Å². The van der Waals surface area contributed by atoms with Gasteiger partial charge < -0.3 is 5.73 Å². The molecular formula is C14H22N2O2S2. The average Bonchev–Trinajstić information content (AvgIpc) is 2.36. The third kappa shape index (κ3) is 2.69. The molecular weight excluding hydrogens is 292 g/mol. The molecule has 112 valence electrons. The molecule has 0 bridgehead atoms. The fraction of sp³-hybridized carbons (Fsp3) is 0.571. The lowest BCUT2D eigenvalue weighted by molar-refractivity contribution is 0.340. The van der Waals surface area contributed by atoms with E-state index in [0.717, 1.165) is 16.9 Å². The van der Waals surface area contributed by atoms with Gasteiger partial charge in [0.1, 0.15) is 0 Å². The maximum Gasteiger partial charge on any atom is 0.243 e. The third-order valence-corrected chi connectivity index (χ3v) is 7.51. The first-order valence-electron chi connectivity index (χ1n) is 6.75. The van der Waals surface area contributed by atoms with E-state index in [2.05, 4.69) is 6.92 Å². The van der Waals surface area contributed by atoms with Crippen LogP contribution in [0.4, 0.5) is 5.69 Å². The minimum atomic E-state index is -3.48. The smallest absolute Gasteiger partial charge is 0.243 e. The number of benzene rings is 1. The van der Waals surface area contributed by atoms with Crippen LogP contribution in [0.2, 0.25) is 0 Å². The van der Waals surface area contributed by atoms with Crippen LogP contribution in [0.25, 0.3) is 0 Å². The molecule has 2 N–H and O–H groups in total. The summed E-state index contributed by atoms with van der Waals surface area (Å²) in [6.07, 6.45) is 0. The number of nitrogens with zero attached hydrogens (tertiary/aromatic N) is 1. The minimum absolute atomic E-state index is 0.000105. The van der Waals surface area contributed by atoms with E-state index < -0.39 is 10.0 Å². The molecule has 1 aromatic carbocycles. The molecule has 1 heterocycles. The number of hydrogen-bond donors (Lipinski definition) is 1. The van der Waals surface area contributed by atoms with Crippen molar-refractivity contribution in [3.05, 3.63) is 23.3 Å². The van der Waals surface area contributed by atoms with E-state index >= 15 is 0 Å². The van der Waals surface area contributed by atoms with Crippen molar-refractivity contribution in [1.29, 1.82) is 0 Å². The van der Waals surface area contributed by atoms with Gasteiger partial charge in [0.2, 0.25) is 10.0 Å². The SMILES string of the molecule is Cc1cc(N)cc(S(=O)(=O)N2CCSC(C)C2C)c1C. The van der Waals surface area contributed by atoms with E-state index in [0.29, 0.717) is 22.4 Å². The van der Waals surface area contributed by atoms with Crippen molar-refractivity contribution in [3.8, 4) is 0 Å². The molecule has 0 aliphatic carbocycles.